The molecule has 5 nitrogen and oxygen atoms in total. The van der Waals surface area contributed by atoms with Crippen LogP contribution in [0.1, 0.15) is 58.9 Å². The molecular formula is C22H26N2O3. The van der Waals surface area contributed by atoms with Gasteiger partial charge in [-0.3, -0.25) is 9.59 Å². The molecule has 0 aromatic heterocycles. The predicted octanol–water partition coefficient (Wildman–Crippen LogP) is 3.97. The van der Waals surface area contributed by atoms with Gasteiger partial charge in [-0.05, 0) is 54.7 Å². The van der Waals surface area contributed by atoms with Crippen molar-refractivity contribution in [3.05, 3.63) is 65.2 Å². The zero-order valence-electron chi connectivity index (χ0n) is 15.8. The first kappa shape index (κ1) is 19.1. The van der Waals surface area contributed by atoms with Crippen molar-refractivity contribution in [2.45, 2.75) is 38.7 Å². The number of hydrogen-bond donors (Lipinski definition) is 2. The highest BCUT2D eigenvalue weighted by molar-refractivity contribution is 6.05. The lowest BCUT2D eigenvalue weighted by atomic mass is 10.0. The molecule has 1 aliphatic heterocycles. The highest BCUT2D eigenvalue weighted by Crippen LogP contribution is 2.24. The average Bonchev–Trinajstić information content (AvgIpc) is 3.20. The summed E-state index contributed by atoms with van der Waals surface area (Å²) in [5.41, 5.74) is 2.96. The second-order valence-electron chi connectivity index (χ2n) is 7.12. The lowest BCUT2D eigenvalue weighted by Crippen LogP contribution is -2.31. The predicted molar refractivity (Wildman–Crippen MR) is 106 cm³/mol. The van der Waals surface area contributed by atoms with Gasteiger partial charge in [0.25, 0.3) is 11.8 Å². The Labute approximate surface area is 160 Å². The normalized spacial score (nSPS) is 16.3. The molecule has 1 heterocycles. The number of nitrogens with one attached hydrogen (secondary N) is 2. The van der Waals surface area contributed by atoms with Crippen LogP contribution in [0.4, 0.5) is 5.69 Å². The van der Waals surface area contributed by atoms with Gasteiger partial charge in [0.1, 0.15) is 0 Å². The summed E-state index contributed by atoms with van der Waals surface area (Å²) >= 11 is 0. The first-order valence-electron chi connectivity index (χ1n) is 9.44. The van der Waals surface area contributed by atoms with Crippen LogP contribution < -0.4 is 10.6 Å². The number of carbonyl (C=O) groups is 2. The van der Waals surface area contributed by atoms with Gasteiger partial charge in [-0.2, -0.15) is 0 Å². The van der Waals surface area contributed by atoms with E-state index >= 15 is 0 Å². The molecule has 2 amide bonds. The molecular weight excluding hydrogens is 340 g/mol. The maximum atomic E-state index is 12.5. The van der Waals surface area contributed by atoms with Gasteiger partial charge in [0.05, 0.1) is 6.10 Å². The van der Waals surface area contributed by atoms with Gasteiger partial charge < -0.3 is 15.4 Å². The fourth-order valence-electron chi connectivity index (χ4n) is 3.20. The van der Waals surface area contributed by atoms with Crippen LogP contribution in [0.2, 0.25) is 0 Å². The summed E-state index contributed by atoms with van der Waals surface area (Å²) in [6, 6.07) is 14.5. The first-order chi connectivity index (χ1) is 13.0. The number of amides is 2. The summed E-state index contributed by atoms with van der Waals surface area (Å²) in [4.78, 5) is 24.8. The molecule has 2 aromatic carbocycles. The Kier molecular flexibility index (Phi) is 6.24. The van der Waals surface area contributed by atoms with Crippen LogP contribution in [0.3, 0.4) is 0 Å². The molecule has 0 aliphatic carbocycles. The van der Waals surface area contributed by atoms with Crippen LogP contribution in [-0.4, -0.2) is 31.1 Å². The summed E-state index contributed by atoms with van der Waals surface area (Å²) in [6.45, 7) is 5.47. The fourth-order valence-corrected chi connectivity index (χ4v) is 3.20. The molecule has 2 aromatic rings. The monoisotopic (exact) mass is 366 g/mol. The lowest BCUT2D eigenvalue weighted by Gasteiger charge is -2.14. The number of anilines is 1. The minimum Gasteiger partial charge on any atom is -0.376 e. The van der Waals surface area contributed by atoms with Crippen LogP contribution in [0.15, 0.2) is 48.5 Å². The van der Waals surface area contributed by atoms with E-state index in [1.165, 1.54) is 0 Å². The third-order valence-corrected chi connectivity index (χ3v) is 4.75. The van der Waals surface area contributed by atoms with Crippen molar-refractivity contribution in [2.24, 2.45) is 0 Å². The second kappa shape index (κ2) is 8.82. The molecule has 1 saturated heterocycles. The molecule has 3 rings (SSSR count). The molecule has 27 heavy (non-hydrogen) atoms. The van der Waals surface area contributed by atoms with E-state index in [0.29, 0.717) is 23.6 Å². The van der Waals surface area contributed by atoms with E-state index in [2.05, 4.69) is 24.5 Å². The summed E-state index contributed by atoms with van der Waals surface area (Å²) in [5, 5.41) is 5.85. The molecule has 2 N–H and O–H groups in total. The highest BCUT2D eigenvalue weighted by Gasteiger charge is 2.17. The third-order valence-electron chi connectivity index (χ3n) is 4.75. The molecule has 1 atom stereocenters. The summed E-state index contributed by atoms with van der Waals surface area (Å²) < 4.78 is 5.51. The largest absolute Gasteiger partial charge is 0.376 e. The highest BCUT2D eigenvalue weighted by atomic mass is 16.5. The van der Waals surface area contributed by atoms with Crippen molar-refractivity contribution in [1.29, 1.82) is 0 Å². The summed E-state index contributed by atoms with van der Waals surface area (Å²) in [6.07, 6.45) is 2.14. The fraction of sp³-hybridized carbons (Fsp3) is 0.364. The Morgan fingerprint density at radius 3 is 2.33 bits per heavy atom. The number of carbonyl (C=O) groups excluding carboxylic acids is 2. The van der Waals surface area contributed by atoms with E-state index in [4.69, 9.17) is 4.74 Å². The second-order valence-corrected chi connectivity index (χ2v) is 7.12. The molecule has 142 valence electrons. The molecule has 1 aliphatic rings. The Morgan fingerprint density at radius 2 is 1.70 bits per heavy atom. The molecule has 1 fully saturated rings. The standard InChI is InChI=1S/C22H26N2O3/c1-15(2)19-7-3-4-8-20(19)24-22(26)17-11-9-16(10-12-17)21(25)23-14-18-6-5-13-27-18/h3-4,7-12,15,18H,5-6,13-14H2,1-2H3,(H,23,25)(H,24,26). The van der Waals surface area contributed by atoms with Crippen molar-refractivity contribution in [3.63, 3.8) is 0 Å². The molecule has 0 saturated carbocycles. The molecule has 0 radical (unpaired) electrons. The Bertz CT molecular complexity index is 793. The quantitative estimate of drug-likeness (QED) is 0.813. The molecule has 0 spiro atoms. The van der Waals surface area contributed by atoms with Gasteiger partial charge in [-0.1, -0.05) is 32.0 Å². The van der Waals surface area contributed by atoms with Crippen LogP contribution in [-0.2, 0) is 4.74 Å². The van der Waals surface area contributed by atoms with Crippen LogP contribution in [0, 0.1) is 0 Å². The van der Waals surface area contributed by atoms with Crippen molar-refractivity contribution in [3.8, 4) is 0 Å². The topological polar surface area (TPSA) is 67.4 Å². The number of benzene rings is 2. The number of hydrogen-bond acceptors (Lipinski definition) is 3. The Hall–Kier alpha value is -2.66. The lowest BCUT2D eigenvalue weighted by molar-refractivity contribution is 0.0857. The van der Waals surface area contributed by atoms with E-state index in [1.54, 1.807) is 24.3 Å². The Morgan fingerprint density at radius 1 is 1.04 bits per heavy atom. The maximum Gasteiger partial charge on any atom is 0.255 e. The van der Waals surface area contributed by atoms with Gasteiger partial charge >= 0.3 is 0 Å². The smallest absolute Gasteiger partial charge is 0.255 e. The minimum absolute atomic E-state index is 0.111. The summed E-state index contributed by atoms with van der Waals surface area (Å²) in [7, 11) is 0. The zero-order chi connectivity index (χ0) is 19.2. The number of ether oxygens (including phenoxy) is 1. The van der Waals surface area contributed by atoms with E-state index in [0.717, 1.165) is 30.7 Å². The molecule has 1 unspecified atom stereocenters. The number of para-hydroxylation sites is 1. The van der Waals surface area contributed by atoms with E-state index in [-0.39, 0.29) is 17.9 Å². The third kappa shape index (κ3) is 4.95. The maximum absolute atomic E-state index is 12.5. The average molecular weight is 366 g/mol. The van der Waals surface area contributed by atoms with Crippen molar-refractivity contribution >= 4 is 17.5 Å². The van der Waals surface area contributed by atoms with Crippen molar-refractivity contribution in [1.82, 2.24) is 5.32 Å². The minimum atomic E-state index is -0.186. The molecule has 5 heteroatoms. The van der Waals surface area contributed by atoms with E-state index in [9.17, 15) is 9.59 Å². The summed E-state index contributed by atoms with van der Waals surface area (Å²) in [5.74, 6) is -0.0200. The van der Waals surface area contributed by atoms with Crippen molar-refractivity contribution < 1.29 is 14.3 Å². The van der Waals surface area contributed by atoms with E-state index in [1.807, 2.05) is 24.3 Å². The van der Waals surface area contributed by atoms with Crippen LogP contribution >= 0.6 is 0 Å². The van der Waals surface area contributed by atoms with Crippen molar-refractivity contribution in [2.75, 3.05) is 18.5 Å². The van der Waals surface area contributed by atoms with Crippen LogP contribution in [0.5, 0.6) is 0 Å². The first-order valence-corrected chi connectivity index (χ1v) is 9.44. The van der Waals surface area contributed by atoms with Gasteiger partial charge in [-0.25, -0.2) is 0 Å². The SMILES string of the molecule is CC(C)c1ccccc1NC(=O)c1ccc(C(=O)NCC2CCCO2)cc1. The zero-order valence-corrected chi connectivity index (χ0v) is 15.8. The van der Waals surface area contributed by atoms with Gasteiger partial charge in [0.2, 0.25) is 0 Å². The number of rotatable bonds is 6. The Balaban J connectivity index is 1.61. The van der Waals surface area contributed by atoms with Gasteiger partial charge in [0, 0.05) is 30.0 Å². The van der Waals surface area contributed by atoms with Crippen LogP contribution in [0.25, 0.3) is 0 Å². The van der Waals surface area contributed by atoms with Gasteiger partial charge in [0.15, 0.2) is 0 Å². The van der Waals surface area contributed by atoms with Gasteiger partial charge in [-0.15, -0.1) is 0 Å². The van der Waals surface area contributed by atoms with E-state index < -0.39 is 0 Å². The molecule has 0 bridgehead atoms.